The first kappa shape index (κ1) is 28.3. The van der Waals surface area contributed by atoms with Crippen LogP contribution in [0, 0.1) is 19.8 Å². The maximum absolute atomic E-state index is 12.6. The molecule has 2 radical (unpaired) electrons. The molecule has 3 rings (SSSR count). The highest BCUT2D eigenvalue weighted by Gasteiger charge is 2.45. The summed E-state index contributed by atoms with van der Waals surface area (Å²) in [5, 5.41) is 2.49. The van der Waals surface area contributed by atoms with Crippen molar-refractivity contribution >= 4 is 38.5 Å². The molecule has 1 aliphatic carbocycles. The van der Waals surface area contributed by atoms with Crippen LogP contribution in [-0.2, 0) is 19.6 Å². The molecule has 0 heterocycles. The van der Waals surface area contributed by atoms with Crippen LogP contribution in [0.5, 0.6) is 0 Å². The van der Waals surface area contributed by atoms with Crippen molar-refractivity contribution in [1.29, 1.82) is 0 Å². The number of hydrogen-bond acceptors (Lipinski definition) is 6. The molecule has 0 saturated heterocycles. The van der Waals surface area contributed by atoms with E-state index in [-0.39, 0.29) is 5.92 Å². The minimum Gasteiger partial charge on any atom is -0.292 e. The molecule has 0 N–H and O–H groups in total. The smallest absolute Gasteiger partial charge is 0.292 e. The van der Waals surface area contributed by atoms with Crippen molar-refractivity contribution in [3.8, 4) is 0 Å². The van der Waals surface area contributed by atoms with Gasteiger partial charge in [0.15, 0.2) is 0 Å². The first-order chi connectivity index (χ1) is 16.7. The SMILES string of the molecule is [CH2]C1CCC([CH2])(OOC(=O)c2ccc([Si](C)(C)C)cc2)C(OOC(=O)c2ccc([Si](C)(C)C)cc2)C1. The fourth-order valence-corrected chi connectivity index (χ4v) is 6.33. The second-order valence-electron chi connectivity index (χ2n) is 11.8. The third kappa shape index (κ3) is 7.15. The highest BCUT2D eigenvalue weighted by molar-refractivity contribution is 6.89. The van der Waals surface area contributed by atoms with Gasteiger partial charge in [-0.1, -0.05) is 80.8 Å². The fraction of sp³-hybridized carbons (Fsp3) is 0.429. The largest absolute Gasteiger partial charge is 0.373 e. The Morgan fingerprint density at radius 3 is 1.69 bits per heavy atom. The van der Waals surface area contributed by atoms with Crippen molar-refractivity contribution in [2.24, 2.45) is 5.92 Å². The molecule has 194 valence electrons. The summed E-state index contributed by atoms with van der Waals surface area (Å²) in [5.74, 6) is -1.16. The van der Waals surface area contributed by atoms with Gasteiger partial charge in [0, 0.05) is 0 Å². The Morgan fingerprint density at radius 1 is 0.806 bits per heavy atom. The third-order valence-corrected chi connectivity index (χ3v) is 10.7. The van der Waals surface area contributed by atoms with E-state index in [4.69, 9.17) is 19.6 Å². The average Bonchev–Trinajstić information content (AvgIpc) is 2.82. The molecule has 3 atom stereocenters. The normalized spacial score (nSPS) is 22.7. The molecule has 1 saturated carbocycles. The Balaban J connectivity index is 1.62. The van der Waals surface area contributed by atoms with Crippen LogP contribution in [0.3, 0.4) is 0 Å². The molecular formula is C28H38O6Si2. The van der Waals surface area contributed by atoms with Crippen molar-refractivity contribution in [1.82, 2.24) is 0 Å². The van der Waals surface area contributed by atoms with Crippen LogP contribution in [0.15, 0.2) is 48.5 Å². The van der Waals surface area contributed by atoms with Gasteiger partial charge in [0.05, 0.1) is 27.3 Å². The van der Waals surface area contributed by atoms with Crippen LogP contribution in [0.4, 0.5) is 0 Å². The van der Waals surface area contributed by atoms with E-state index < -0.39 is 39.8 Å². The Morgan fingerprint density at radius 2 is 1.25 bits per heavy atom. The van der Waals surface area contributed by atoms with Gasteiger partial charge in [-0.05, 0) is 56.4 Å². The number of carbonyl (C=O) groups is 2. The Bertz CT molecular complexity index is 1050. The predicted molar refractivity (Wildman–Crippen MR) is 146 cm³/mol. The summed E-state index contributed by atoms with van der Waals surface area (Å²) in [7, 11) is -2.95. The molecule has 3 unspecified atom stereocenters. The maximum atomic E-state index is 12.6. The standard InChI is InChI=1S/C28H38O6Si2/c1-20-17-18-28(2,34-33-27(30)22-11-15-24(16-12-22)36(6,7)8)25(19-20)31-32-26(29)21-9-13-23(14-10-21)35(3,4)5/h9-16,20,25H,1-2,17-19H2,3-8H3. The van der Waals surface area contributed by atoms with Gasteiger partial charge in [0.2, 0.25) is 0 Å². The van der Waals surface area contributed by atoms with Gasteiger partial charge >= 0.3 is 11.9 Å². The van der Waals surface area contributed by atoms with E-state index in [1.165, 1.54) is 10.4 Å². The first-order valence-corrected chi connectivity index (χ1v) is 19.4. The lowest BCUT2D eigenvalue weighted by Crippen LogP contribution is -2.49. The predicted octanol–water partition coefficient (Wildman–Crippen LogP) is 5.23. The van der Waals surface area contributed by atoms with Gasteiger partial charge < -0.3 is 0 Å². The van der Waals surface area contributed by atoms with Crippen molar-refractivity contribution in [3.63, 3.8) is 0 Å². The van der Waals surface area contributed by atoms with Gasteiger partial charge in [0.1, 0.15) is 11.7 Å². The summed E-state index contributed by atoms with van der Waals surface area (Å²) in [6, 6.07) is 14.8. The first-order valence-electron chi connectivity index (χ1n) is 12.4. The van der Waals surface area contributed by atoms with E-state index in [0.717, 1.165) is 0 Å². The number of hydrogen-bond donors (Lipinski definition) is 0. The van der Waals surface area contributed by atoms with E-state index in [1.54, 1.807) is 24.3 Å². The van der Waals surface area contributed by atoms with Gasteiger partial charge in [-0.2, -0.15) is 9.78 Å². The zero-order chi connectivity index (χ0) is 26.7. The minimum absolute atomic E-state index is 0.0630. The van der Waals surface area contributed by atoms with Crippen molar-refractivity contribution in [2.75, 3.05) is 0 Å². The van der Waals surface area contributed by atoms with Crippen LogP contribution in [-0.4, -0.2) is 39.8 Å². The van der Waals surface area contributed by atoms with Gasteiger partial charge in [-0.25, -0.2) is 9.59 Å². The minimum atomic E-state index is -1.47. The average molecular weight is 527 g/mol. The van der Waals surface area contributed by atoms with E-state index >= 15 is 0 Å². The number of rotatable bonds is 8. The quantitative estimate of drug-likeness (QED) is 0.266. The summed E-state index contributed by atoms with van der Waals surface area (Å²) in [5.41, 5.74) is -0.454. The van der Waals surface area contributed by atoms with Crippen molar-refractivity contribution in [3.05, 3.63) is 73.5 Å². The summed E-state index contributed by atoms with van der Waals surface area (Å²) in [4.78, 5) is 46.6. The Kier molecular flexibility index (Phi) is 8.65. The lowest BCUT2D eigenvalue weighted by molar-refractivity contribution is -0.380. The summed E-state index contributed by atoms with van der Waals surface area (Å²) >= 11 is 0. The molecule has 0 bridgehead atoms. The van der Waals surface area contributed by atoms with Gasteiger partial charge in [0.25, 0.3) is 0 Å². The Labute approximate surface area is 217 Å². The lowest BCUT2D eigenvalue weighted by atomic mass is 9.78. The molecule has 0 aromatic heterocycles. The molecule has 0 aliphatic heterocycles. The zero-order valence-electron chi connectivity index (χ0n) is 22.3. The van der Waals surface area contributed by atoms with E-state index in [9.17, 15) is 9.59 Å². The lowest BCUT2D eigenvalue weighted by Gasteiger charge is -2.39. The second kappa shape index (κ2) is 11.0. The van der Waals surface area contributed by atoms with Crippen LogP contribution >= 0.6 is 0 Å². The third-order valence-electron chi connectivity index (χ3n) is 6.61. The fourth-order valence-electron chi connectivity index (χ4n) is 4.00. The van der Waals surface area contributed by atoms with Crippen LogP contribution < -0.4 is 10.4 Å². The summed E-state index contributed by atoms with van der Waals surface area (Å²) < 4.78 is 0. The van der Waals surface area contributed by atoms with E-state index in [2.05, 4.69) is 53.1 Å². The number of benzene rings is 2. The molecule has 1 fully saturated rings. The Hall–Kier alpha value is -2.27. The highest BCUT2D eigenvalue weighted by Crippen LogP contribution is 2.37. The topological polar surface area (TPSA) is 71.1 Å². The summed E-state index contributed by atoms with van der Waals surface area (Å²) in [6.07, 6.45) is 0.822. The van der Waals surface area contributed by atoms with Crippen LogP contribution in [0.25, 0.3) is 0 Å². The van der Waals surface area contributed by atoms with E-state index in [1.807, 2.05) is 24.3 Å². The van der Waals surface area contributed by atoms with Crippen LogP contribution in [0.2, 0.25) is 39.3 Å². The molecule has 2 aromatic rings. The zero-order valence-corrected chi connectivity index (χ0v) is 24.3. The molecule has 36 heavy (non-hydrogen) atoms. The molecule has 6 nitrogen and oxygen atoms in total. The number of carbonyl (C=O) groups excluding carboxylic acids is 2. The second-order valence-corrected chi connectivity index (χ2v) is 21.9. The molecule has 8 heteroatoms. The molecule has 2 aromatic carbocycles. The molecule has 0 amide bonds. The highest BCUT2D eigenvalue weighted by atomic mass is 28.3. The van der Waals surface area contributed by atoms with Crippen molar-refractivity contribution < 1.29 is 29.1 Å². The molecule has 1 aliphatic rings. The molecule has 0 spiro atoms. The van der Waals surface area contributed by atoms with Gasteiger partial charge in [-0.15, -0.1) is 0 Å². The summed E-state index contributed by atoms with van der Waals surface area (Å²) in [6.45, 7) is 21.7. The van der Waals surface area contributed by atoms with Gasteiger partial charge in [-0.3, -0.25) is 9.78 Å². The maximum Gasteiger partial charge on any atom is 0.373 e. The van der Waals surface area contributed by atoms with Crippen LogP contribution in [0.1, 0.15) is 40.0 Å². The monoisotopic (exact) mass is 526 g/mol. The van der Waals surface area contributed by atoms with E-state index in [0.29, 0.717) is 30.4 Å². The molecular weight excluding hydrogens is 488 g/mol. The van der Waals surface area contributed by atoms with Crippen molar-refractivity contribution in [2.45, 2.75) is 70.2 Å².